The first-order valence-electron chi connectivity index (χ1n) is 5.26. The van der Waals surface area contributed by atoms with Crippen molar-refractivity contribution in [1.82, 2.24) is 10.3 Å². The van der Waals surface area contributed by atoms with Gasteiger partial charge in [0.1, 0.15) is 12.4 Å². The molecule has 15 heavy (non-hydrogen) atoms. The highest BCUT2D eigenvalue weighted by atomic mass is 16.5. The van der Waals surface area contributed by atoms with Crippen LogP contribution in [-0.4, -0.2) is 18.1 Å². The van der Waals surface area contributed by atoms with Gasteiger partial charge in [-0.05, 0) is 25.6 Å². The first-order chi connectivity index (χ1) is 7.36. The van der Waals surface area contributed by atoms with Crippen molar-refractivity contribution in [2.45, 2.75) is 20.4 Å². The number of nitrogens with one attached hydrogen (secondary N) is 1. The van der Waals surface area contributed by atoms with E-state index in [1.165, 1.54) is 0 Å². The number of hydrogen-bond donors (Lipinski definition) is 1. The van der Waals surface area contributed by atoms with Crippen molar-refractivity contribution in [3.05, 3.63) is 36.2 Å². The minimum Gasteiger partial charge on any atom is -0.488 e. The highest BCUT2D eigenvalue weighted by Crippen LogP contribution is 2.08. The number of rotatable bonds is 6. The van der Waals surface area contributed by atoms with Gasteiger partial charge in [-0.2, -0.15) is 0 Å². The standard InChI is InChI=1S/C12H18N2O/c1-3-5-8-15-12-7-6-11(14-10-12)9-13-4-2/h3,5-7,10,13H,4,8-9H2,1-2H3. The summed E-state index contributed by atoms with van der Waals surface area (Å²) in [5.41, 5.74) is 1.04. The zero-order chi connectivity index (χ0) is 10.9. The molecule has 1 heterocycles. The van der Waals surface area contributed by atoms with E-state index in [-0.39, 0.29) is 0 Å². The molecular formula is C12H18N2O. The molecule has 0 spiro atoms. The topological polar surface area (TPSA) is 34.1 Å². The van der Waals surface area contributed by atoms with Gasteiger partial charge in [0.25, 0.3) is 0 Å². The van der Waals surface area contributed by atoms with E-state index < -0.39 is 0 Å². The van der Waals surface area contributed by atoms with Crippen molar-refractivity contribution in [3.63, 3.8) is 0 Å². The maximum atomic E-state index is 5.44. The number of hydrogen-bond acceptors (Lipinski definition) is 3. The van der Waals surface area contributed by atoms with Crippen LogP contribution < -0.4 is 10.1 Å². The summed E-state index contributed by atoms with van der Waals surface area (Å²) in [7, 11) is 0. The fraction of sp³-hybridized carbons (Fsp3) is 0.417. The smallest absolute Gasteiger partial charge is 0.138 e. The summed E-state index contributed by atoms with van der Waals surface area (Å²) in [6.45, 7) is 6.42. The van der Waals surface area contributed by atoms with Gasteiger partial charge in [0, 0.05) is 6.54 Å². The van der Waals surface area contributed by atoms with E-state index >= 15 is 0 Å². The van der Waals surface area contributed by atoms with E-state index in [0.717, 1.165) is 24.5 Å². The van der Waals surface area contributed by atoms with Crippen molar-refractivity contribution in [1.29, 1.82) is 0 Å². The fourth-order valence-corrected chi connectivity index (χ4v) is 1.09. The number of aromatic nitrogens is 1. The van der Waals surface area contributed by atoms with Gasteiger partial charge in [0.2, 0.25) is 0 Å². The maximum Gasteiger partial charge on any atom is 0.138 e. The Hall–Kier alpha value is -1.35. The van der Waals surface area contributed by atoms with E-state index in [0.29, 0.717) is 6.61 Å². The third kappa shape index (κ3) is 4.61. The van der Waals surface area contributed by atoms with Crippen LogP contribution in [0.3, 0.4) is 0 Å². The van der Waals surface area contributed by atoms with Crippen LogP contribution in [0.1, 0.15) is 19.5 Å². The lowest BCUT2D eigenvalue weighted by atomic mass is 10.3. The Labute approximate surface area is 91.2 Å². The van der Waals surface area contributed by atoms with E-state index in [1.54, 1.807) is 6.20 Å². The van der Waals surface area contributed by atoms with E-state index in [2.05, 4.69) is 17.2 Å². The number of ether oxygens (including phenoxy) is 1. The van der Waals surface area contributed by atoms with Crippen LogP contribution in [0.2, 0.25) is 0 Å². The lowest BCUT2D eigenvalue weighted by Crippen LogP contribution is -2.12. The second-order valence-corrected chi connectivity index (χ2v) is 3.15. The van der Waals surface area contributed by atoms with Crippen LogP contribution >= 0.6 is 0 Å². The highest BCUT2D eigenvalue weighted by molar-refractivity contribution is 5.20. The number of allylic oxidation sites excluding steroid dienone is 1. The quantitative estimate of drug-likeness (QED) is 0.724. The van der Waals surface area contributed by atoms with Gasteiger partial charge in [-0.3, -0.25) is 4.98 Å². The monoisotopic (exact) mass is 206 g/mol. The van der Waals surface area contributed by atoms with Gasteiger partial charge in [0.15, 0.2) is 0 Å². The zero-order valence-corrected chi connectivity index (χ0v) is 9.36. The first-order valence-corrected chi connectivity index (χ1v) is 5.26. The summed E-state index contributed by atoms with van der Waals surface area (Å²) in [5.74, 6) is 0.813. The molecule has 1 rings (SSSR count). The molecule has 0 aromatic carbocycles. The van der Waals surface area contributed by atoms with Crippen LogP contribution in [0, 0.1) is 0 Å². The molecule has 0 aliphatic rings. The average molecular weight is 206 g/mol. The van der Waals surface area contributed by atoms with E-state index in [4.69, 9.17) is 4.74 Å². The van der Waals surface area contributed by atoms with Crippen molar-refractivity contribution >= 4 is 0 Å². The van der Waals surface area contributed by atoms with E-state index in [9.17, 15) is 0 Å². The van der Waals surface area contributed by atoms with Crippen LogP contribution in [0.4, 0.5) is 0 Å². The number of nitrogens with zero attached hydrogens (tertiary/aromatic N) is 1. The van der Waals surface area contributed by atoms with Gasteiger partial charge in [-0.1, -0.05) is 19.1 Å². The minimum atomic E-state index is 0.602. The molecule has 0 radical (unpaired) electrons. The summed E-state index contributed by atoms with van der Waals surface area (Å²) in [6, 6.07) is 3.93. The van der Waals surface area contributed by atoms with Crippen molar-refractivity contribution in [3.8, 4) is 5.75 Å². The Morgan fingerprint density at radius 2 is 2.33 bits per heavy atom. The minimum absolute atomic E-state index is 0.602. The van der Waals surface area contributed by atoms with Gasteiger partial charge >= 0.3 is 0 Å². The molecule has 3 nitrogen and oxygen atoms in total. The van der Waals surface area contributed by atoms with Gasteiger partial charge in [0.05, 0.1) is 11.9 Å². The van der Waals surface area contributed by atoms with Gasteiger partial charge < -0.3 is 10.1 Å². The summed E-state index contributed by atoms with van der Waals surface area (Å²) < 4.78 is 5.44. The largest absolute Gasteiger partial charge is 0.488 e. The maximum absolute atomic E-state index is 5.44. The van der Waals surface area contributed by atoms with Crippen molar-refractivity contribution < 1.29 is 4.74 Å². The molecule has 0 aliphatic heterocycles. The number of pyridine rings is 1. The zero-order valence-electron chi connectivity index (χ0n) is 9.36. The third-order valence-electron chi connectivity index (χ3n) is 1.94. The molecule has 0 amide bonds. The highest BCUT2D eigenvalue weighted by Gasteiger charge is 1.95. The summed E-state index contributed by atoms with van der Waals surface area (Å²) in [5, 5.41) is 3.22. The Morgan fingerprint density at radius 3 is 2.93 bits per heavy atom. The molecule has 0 fully saturated rings. The Morgan fingerprint density at radius 1 is 1.47 bits per heavy atom. The summed E-state index contributed by atoms with van der Waals surface area (Å²) in [6.07, 6.45) is 5.69. The van der Waals surface area contributed by atoms with Crippen LogP contribution in [0.25, 0.3) is 0 Å². The molecule has 0 unspecified atom stereocenters. The molecular weight excluding hydrogens is 188 g/mol. The van der Waals surface area contributed by atoms with Gasteiger partial charge in [-0.25, -0.2) is 0 Å². The lowest BCUT2D eigenvalue weighted by Gasteiger charge is -2.04. The molecule has 0 atom stereocenters. The second kappa shape index (κ2) is 7.01. The molecule has 0 aliphatic carbocycles. The molecule has 0 bridgehead atoms. The van der Waals surface area contributed by atoms with Gasteiger partial charge in [-0.15, -0.1) is 0 Å². The predicted molar refractivity (Wildman–Crippen MR) is 61.9 cm³/mol. The molecule has 82 valence electrons. The first kappa shape index (κ1) is 11.7. The SMILES string of the molecule is CC=CCOc1ccc(CNCC)nc1. The fourth-order valence-electron chi connectivity index (χ4n) is 1.09. The Kier molecular flexibility index (Phi) is 5.48. The van der Waals surface area contributed by atoms with E-state index in [1.807, 2.05) is 31.2 Å². The van der Waals surface area contributed by atoms with Crippen LogP contribution in [0.5, 0.6) is 5.75 Å². The van der Waals surface area contributed by atoms with Crippen molar-refractivity contribution in [2.24, 2.45) is 0 Å². The summed E-state index contributed by atoms with van der Waals surface area (Å²) in [4.78, 5) is 4.28. The Balaban J connectivity index is 2.41. The predicted octanol–water partition coefficient (Wildman–Crippen LogP) is 2.15. The van der Waals surface area contributed by atoms with Crippen LogP contribution in [-0.2, 0) is 6.54 Å². The second-order valence-electron chi connectivity index (χ2n) is 3.15. The van der Waals surface area contributed by atoms with Crippen LogP contribution in [0.15, 0.2) is 30.5 Å². The molecule has 3 heteroatoms. The molecule has 1 aromatic heterocycles. The molecule has 0 saturated carbocycles. The normalized spacial score (nSPS) is 10.8. The molecule has 1 N–H and O–H groups in total. The Bertz CT molecular complexity index is 293. The lowest BCUT2D eigenvalue weighted by molar-refractivity contribution is 0.361. The average Bonchev–Trinajstić information content (AvgIpc) is 2.28. The summed E-state index contributed by atoms with van der Waals surface area (Å²) >= 11 is 0. The molecule has 1 aromatic rings. The van der Waals surface area contributed by atoms with Crippen molar-refractivity contribution in [2.75, 3.05) is 13.2 Å². The molecule has 0 saturated heterocycles. The third-order valence-corrected chi connectivity index (χ3v) is 1.94.